The van der Waals surface area contributed by atoms with Gasteiger partial charge >= 0.3 is 0 Å². The van der Waals surface area contributed by atoms with Gasteiger partial charge in [-0.15, -0.1) is 0 Å². The number of hydrogen-bond donors (Lipinski definition) is 1. The van der Waals surface area contributed by atoms with Crippen LogP contribution in [-0.2, 0) is 11.3 Å². The van der Waals surface area contributed by atoms with Crippen LogP contribution in [0.15, 0.2) is 89.7 Å². The Morgan fingerprint density at radius 1 is 0.842 bits per heavy atom. The number of carbonyl (C=O) groups is 2. The van der Waals surface area contributed by atoms with Crippen molar-refractivity contribution in [2.24, 2.45) is 0 Å². The Morgan fingerprint density at radius 2 is 1.55 bits per heavy atom. The van der Waals surface area contributed by atoms with Crippen molar-refractivity contribution in [3.63, 3.8) is 0 Å². The van der Waals surface area contributed by atoms with Gasteiger partial charge in [-0.1, -0.05) is 30.3 Å². The van der Waals surface area contributed by atoms with Gasteiger partial charge in [0.25, 0.3) is 11.5 Å². The number of carbonyl (C=O) groups excluding carboxylic acids is 2. The van der Waals surface area contributed by atoms with Gasteiger partial charge in [0.15, 0.2) is 12.4 Å². The van der Waals surface area contributed by atoms with Crippen molar-refractivity contribution < 1.29 is 23.8 Å². The van der Waals surface area contributed by atoms with E-state index >= 15 is 0 Å². The van der Waals surface area contributed by atoms with E-state index in [-0.39, 0.29) is 36.9 Å². The van der Waals surface area contributed by atoms with Gasteiger partial charge in [-0.25, -0.2) is 4.68 Å². The molecular formula is C29H27N3O6. The van der Waals surface area contributed by atoms with Crippen LogP contribution in [0.1, 0.15) is 15.9 Å². The van der Waals surface area contributed by atoms with Gasteiger partial charge in [0, 0.05) is 29.3 Å². The lowest BCUT2D eigenvalue weighted by atomic mass is 10.0. The lowest BCUT2D eigenvalue weighted by Gasteiger charge is -2.12. The summed E-state index contributed by atoms with van der Waals surface area (Å²) in [4.78, 5) is 37.1. The maximum absolute atomic E-state index is 12.5. The van der Waals surface area contributed by atoms with Crippen LogP contribution in [-0.4, -0.2) is 48.8 Å². The van der Waals surface area contributed by atoms with Crippen LogP contribution in [0.5, 0.6) is 17.2 Å². The molecule has 0 bridgehead atoms. The van der Waals surface area contributed by atoms with Crippen LogP contribution in [0.25, 0.3) is 11.3 Å². The number of nitrogens with one attached hydrogen (secondary N) is 1. The van der Waals surface area contributed by atoms with Crippen LogP contribution in [0.3, 0.4) is 0 Å². The normalized spacial score (nSPS) is 10.5. The minimum absolute atomic E-state index is 0.0901. The fourth-order valence-electron chi connectivity index (χ4n) is 3.73. The highest BCUT2D eigenvalue weighted by atomic mass is 16.5. The minimum Gasteiger partial charge on any atom is -0.497 e. The standard InChI is InChI=1S/C29H27N3O6/c1-36-23-12-14-26(37-2)24(18-23)25-13-15-28(34)32(31-25)17-16-30-27(33)19-38-22-10-8-21(9-11-22)29(35)20-6-4-3-5-7-20/h3-15,18H,16-17,19H2,1-2H3,(H,30,33). The highest BCUT2D eigenvalue weighted by Gasteiger charge is 2.12. The summed E-state index contributed by atoms with van der Waals surface area (Å²) in [5, 5.41) is 7.14. The molecule has 9 heteroatoms. The van der Waals surface area contributed by atoms with Crippen LogP contribution >= 0.6 is 0 Å². The van der Waals surface area contributed by atoms with Gasteiger partial charge < -0.3 is 19.5 Å². The molecular weight excluding hydrogens is 486 g/mol. The zero-order valence-electron chi connectivity index (χ0n) is 21.0. The van der Waals surface area contributed by atoms with E-state index in [1.807, 2.05) is 18.2 Å². The van der Waals surface area contributed by atoms with Crippen LogP contribution in [0, 0.1) is 0 Å². The summed E-state index contributed by atoms with van der Waals surface area (Å²) >= 11 is 0. The fourth-order valence-corrected chi connectivity index (χ4v) is 3.73. The number of nitrogens with zero attached hydrogens (tertiary/aromatic N) is 2. The summed E-state index contributed by atoms with van der Waals surface area (Å²) in [6.45, 7) is 0.134. The monoisotopic (exact) mass is 513 g/mol. The molecule has 0 aliphatic heterocycles. The maximum Gasteiger partial charge on any atom is 0.266 e. The number of ketones is 1. The van der Waals surface area contributed by atoms with E-state index in [0.717, 1.165) is 0 Å². The summed E-state index contributed by atoms with van der Waals surface area (Å²) < 4.78 is 17.5. The van der Waals surface area contributed by atoms with Gasteiger partial charge in [-0.05, 0) is 48.5 Å². The molecule has 4 rings (SSSR count). The molecule has 1 heterocycles. The van der Waals surface area contributed by atoms with Crippen molar-refractivity contribution in [1.82, 2.24) is 15.1 Å². The zero-order valence-corrected chi connectivity index (χ0v) is 21.0. The van der Waals surface area contributed by atoms with E-state index in [1.54, 1.807) is 74.9 Å². The summed E-state index contributed by atoms with van der Waals surface area (Å²) in [5.74, 6) is 1.24. The Bertz CT molecular complexity index is 1470. The van der Waals surface area contributed by atoms with E-state index in [2.05, 4.69) is 10.4 Å². The first-order valence-electron chi connectivity index (χ1n) is 11.9. The van der Waals surface area contributed by atoms with Crippen LogP contribution in [0.2, 0.25) is 0 Å². The molecule has 0 radical (unpaired) electrons. The Balaban J connectivity index is 1.30. The molecule has 1 aromatic heterocycles. The largest absolute Gasteiger partial charge is 0.497 e. The summed E-state index contributed by atoms with van der Waals surface area (Å²) in [6.07, 6.45) is 0. The Morgan fingerprint density at radius 3 is 2.26 bits per heavy atom. The quantitative estimate of drug-likeness (QED) is 0.306. The molecule has 38 heavy (non-hydrogen) atoms. The Kier molecular flexibility index (Phi) is 8.50. The molecule has 0 saturated heterocycles. The van der Waals surface area contributed by atoms with Crippen molar-refractivity contribution >= 4 is 11.7 Å². The molecule has 194 valence electrons. The van der Waals surface area contributed by atoms with Gasteiger partial charge in [0.2, 0.25) is 0 Å². The van der Waals surface area contributed by atoms with Crippen LogP contribution < -0.4 is 25.1 Å². The molecule has 4 aromatic rings. The number of ether oxygens (including phenoxy) is 3. The SMILES string of the molecule is COc1ccc(OC)c(-c2ccc(=O)n(CCNC(=O)COc3ccc(C(=O)c4ccccc4)cc3)n2)c1. The molecule has 0 fully saturated rings. The predicted octanol–water partition coefficient (Wildman–Crippen LogP) is 3.35. The molecule has 0 unspecified atom stereocenters. The topological polar surface area (TPSA) is 109 Å². The summed E-state index contributed by atoms with van der Waals surface area (Å²) in [6, 6.07) is 23.9. The average Bonchev–Trinajstić information content (AvgIpc) is 2.97. The third-order valence-corrected chi connectivity index (χ3v) is 5.72. The number of hydrogen-bond acceptors (Lipinski definition) is 7. The number of amides is 1. The second-order valence-electron chi connectivity index (χ2n) is 8.20. The maximum atomic E-state index is 12.5. The van der Waals surface area contributed by atoms with Gasteiger partial charge in [-0.3, -0.25) is 14.4 Å². The number of aromatic nitrogens is 2. The molecule has 0 aliphatic carbocycles. The minimum atomic E-state index is -0.354. The van der Waals surface area contributed by atoms with E-state index in [1.165, 1.54) is 10.7 Å². The first kappa shape index (κ1) is 26.2. The van der Waals surface area contributed by atoms with E-state index in [0.29, 0.717) is 39.6 Å². The van der Waals surface area contributed by atoms with Crippen molar-refractivity contribution in [1.29, 1.82) is 0 Å². The third-order valence-electron chi connectivity index (χ3n) is 5.72. The smallest absolute Gasteiger partial charge is 0.266 e. The third kappa shape index (κ3) is 6.44. The number of rotatable bonds is 11. The highest BCUT2D eigenvalue weighted by molar-refractivity contribution is 6.09. The van der Waals surface area contributed by atoms with Crippen molar-refractivity contribution in [2.75, 3.05) is 27.4 Å². The molecule has 0 aliphatic rings. The highest BCUT2D eigenvalue weighted by Crippen LogP contribution is 2.31. The van der Waals surface area contributed by atoms with Gasteiger partial charge in [0.05, 0.1) is 26.5 Å². The predicted molar refractivity (Wildman–Crippen MR) is 142 cm³/mol. The fraction of sp³-hybridized carbons (Fsp3) is 0.172. The van der Waals surface area contributed by atoms with Gasteiger partial charge in [-0.2, -0.15) is 5.10 Å². The molecule has 3 aromatic carbocycles. The van der Waals surface area contributed by atoms with E-state index in [4.69, 9.17) is 14.2 Å². The molecule has 0 spiro atoms. The zero-order chi connectivity index (χ0) is 26.9. The van der Waals surface area contributed by atoms with Crippen molar-refractivity contribution in [2.45, 2.75) is 6.54 Å². The first-order valence-corrected chi connectivity index (χ1v) is 11.9. The van der Waals surface area contributed by atoms with Gasteiger partial charge in [0.1, 0.15) is 17.2 Å². The Labute approximate surface area is 219 Å². The van der Waals surface area contributed by atoms with E-state index in [9.17, 15) is 14.4 Å². The second kappa shape index (κ2) is 12.4. The molecule has 0 saturated carbocycles. The van der Waals surface area contributed by atoms with Crippen molar-refractivity contribution in [3.8, 4) is 28.5 Å². The lowest BCUT2D eigenvalue weighted by Crippen LogP contribution is -2.34. The molecule has 1 amide bonds. The Hall–Kier alpha value is -4.92. The number of benzene rings is 3. The molecule has 1 N–H and O–H groups in total. The number of methoxy groups -OCH3 is 2. The van der Waals surface area contributed by atoms with Crippen molar-refractivity contribution in [3.05, 3.63) is 106 Å². The second-order valence-corrected chi connectivity index (χ2v) is 8.20. The summed E-state index contributed by atoms with van der Waals surface area (Å²) in [7, 11) is 3.12. The van der Waals surface area contributed by atoms with Crippen LogP contribution in [0.4, 0.5) is 0 Å². The average molecular weight is 514 g/mol. The lowest BCUT2D eigenvalue weighted by molar-refractivity contribution is -0.123. The molecule has 9 nitrogen and oxygen atoms in total. The summed E-state index contributed by atoms with van der Waals surface area (Å²) in [5.41, 5.74) is 2.03. The molecule has 0 atom stereocenters. The van der Waals surface area contributed by atoms with E-state index < -0.39 is 0 Å². The first-order chi connectivity index (χ1) is 18.5.